The molecule has 0 aliphatic rings. The first-order chi connectivity index (χ1) is 10.5. The van der Waals surface area contributed by atoms with E-state index in [0.29, 0.717) is 18.5 Å². The van der Waals surface area contributed by atoms with Crippen molar-refractivity contribution in [1.29, 1.82) is 0 Å². The number of hydrogen-bond donors (Lipinski definition) is 2. The first-order valence-electron chi connectivity index (χ1n) is 6.72. The number of oxazole rings is 1. The Morgan fingerprint density at radius 3 is 2.82 bits per heavy atom. The van der Waals surface area contributed by atoms with Crippen LogP contribution in [0.4, 0.5) is 0 Å². The largest absolute Gasteiger partial charge is 0.417 e. The molecule has 0 unspecified atom stereocenters. The van der Waals surface area contributed by atoms with Gasteiger partial charge in [-0.1, -0.05) is 0 Å². The Morgan fingerprint density at radius 1 is 1.36 bits per heavy atom. The van der Waals surface area contributed by atoms with E-state index in [4.69, 9.17) is 14.3 Å². The number of aliphatic hydroxyl groups is 1. The number of sulfonamides is 1. The third-order valence-corrected chi connectivity index (χ3v) is 5.03. The Labute approximate surface area is 127 Å². The van der Waals surface area contributed by atoms with Crippen LogP contribution in [0.3, 0.4) is 0 Å². The fraction of sp³-hybridized carbons (Fsp3) is 0.462. The van der Waals surface area contributed by atoms with E-state index in [1.807, 2.05) is 0 Å². The van der Waals surface area contributed by atoms with Crippen LogP contribution in [0.1, 0.15) is 6.42 Å². The van der Waals surface area contributed by atoms with Gasteiger partial charge >= 0.3 is 5.76 Å². The van der Waals surface area contributed by atoms with Gasteiger partial charge in [0.15, 0.2) is 5.58 Å². The van der Waals surface area contributed by atoms with Crippen molar-refractivity contribution in [2.75, 3.05) is 33.4 Å². The molecule has 2 aromatic rings. The zero-order valence-electron chi connectivity index (χ0n) is 12.1. The second kappa shape index (κ2) is 7.05. The number of fused-ring (bicyclic) bond motifs is 1. The minimum Gasteiger partial charge on any atom is -0.408 e. The minimum absolute atomic E-state index is 0.00798. The third kappa shape index (κ3) is 3.55. The zero-order valence-corrected chi connectivity index (χ0v) is 12.9. The molecule has 1 aromatic carbocycles. The fourth-order valence-electron chi connectivity index (χ4n) is 2.08. The van der Waals surface area contributed by atoms with Gasteiger partial charge in [-0.2, -0.15) is 4.31 Å². The van der Waals surface area contributed by atoms with Gasteiger partial charge in [0, 0.05) is 32.9 Å². The summed E-state index contributed by atoms with van der Waals surface area (Å²) in [5, 5.41) is 9.08. The van der Waals surface area contributed by atoms with Gasteiger partial charge in [-0.3, -0.25) is 4.98 Å². The quantitative estimate of drug-likeness (QED) is 0.666. The van der Waals surface area contributed by atoms with Crippen molar-refractivity contribution in [2.45, 2.75) is 11.3 Å². The molecule has 0 spiro atoms. The Kier molecular flexibility index (Phi) is 5.35. The van der Waals surface area contributed by atoms with Crippen molar-refractivity contribution in [2.24, 2.45) is 0 Å². The minimum atomic E-state index is -3.78. The summed E-state index contributed by atoms with van der Waals surface area (Å²) >= 11 is 0. The molecule has 22 heavy (non-hydrogen) atoms. The van der Waals surface area contributed by atoms with E-state index in [9.17, 15) is 13.2 Å². The molecular weight excluding hydrogens is 312 g/mol. The maximum Gasteiger partial charge on any atom is 0.417 e. The van der Waals surface area contributed by atoms with E-state index in [-0.39, 0.29) is 30.2 Å². The molecule has 122 valence electrons. The van der Waals surface area contributed by atoms with Crippen LogP contribution >= 0.6 is 0 Å². The van der Waals surface area contributed by atoms with E-state index in [1.54, 1.807) is 0 Å². The van der Waals surface area contributed by atoms with Crippen LogP contribution in [0.5, 0.6) is 0 Å². The van der Waals surface area contributed by atoms with Crippen molar-refractivity contribution in [3.05, 3.63) is 28.7 Å². The number of aromatic nitrogens is 1. The van der Waals surface area contributed by atoms with Gasteiger partial charge in [0.1, 0.15) is 0 Å². The lowest BCUT2D eigenvalue weighted by Gasteiger charge is -2.21. The summed E-state index contributed by atoms with van der Waals surface area (Å²) < 4.78 is 36.2. The number of aliphatic hydroxyl groups excluding tert-OH is 1. The van der Waals surface area contributed by atoms with E-state index in [0.717, 1.165) is 0 Å². The van der Waals surface area contributed by atoms with Gasteiger partial charge in [0.2, 0.25) is 10.0 Å². The molecule has 9 heteroatoms. The Morgan fingerprint density at radius 2 is 2.14 bits per heavy atom. The van der Waals surface area contributed by atoms with E-state index >= 15 is 0 Å². The summed E-state index contributed by atoms with van der Waals surface area (Å²) in [6, 6.07) is 4.16. The Balaban J connectivity index is 2.32. The molecule has 2 N–H and O–H groups in total. The highest BCUT2D eigenvalue weighted by molar-refractivity contribution is 7.89. The molecule has 0 atom stereocenters. The molecule has 2 rings (SSSR count). The SMILES string of the molecule is COCCCN(CCO)S(=O)(=O)c1ccc2[nH]c(=O)oc2c1. The Hall–Kier alpha value is -1.68. The Bertz CT molecular complexity index is 779. The monoisotopic (exact) mass is 330 g/mol. The van der Waals surface area contributed by atoms with Crippen LogP contribution < -0.4 is 5.76 Å². The van der Waals surface area contributed by atoms with Crippen molar-refractivity contribution in [1.82, 2.24) is 9.29 Å². The second-order valence-corrected chi connectivity index (χ2v) is 6.58. The fourth-order valence-corrected chi connectivity index (χ4v) is 3.57. The van der Waals surface area contributed by atoms with Crippen LogP contribution in [-0.2, 0) is 14.8 Å². The lowest BCUT2D eigenvalue weighted by molar-refractivity contribution is 0.182. The molecule has 0 bridgehead atoms. The van der Waals surface area contributed by atoms with Crippen LogP contribution in [-0.4, -0.2) is 56.2 Å². The molecule has 0 aliphatic heterocycles. The predicted molar refractivity (Wildman–Crippen MR) is 79.2 cm³/mol. The zero-order chi connectivity index (χ0) is 16.2. The molecular formula is C13H18N2O6S. The highest BCUT2D eigenvalue weighted by Crippen LogP contribution is 2.20. The number of H-pyrrole nitrogens is 1. The van der Waals surface area contributed by atoms with Gasteiger partial charge in [-0.05, 0) is 18.6 Å². The van der Waals surface area contributed by atoms with Crippen molar-refractivity contribution < 1.29 is 22.7 Å². The normalized spacial score (nSPS) is 12.3. The first kappa shape index (κ1) is 16.7. The topological polar surface area (TPSA) is 113 Å². The summed E-state index contributed by atoms with van der Waals surface area (Å²) in [6.45, 7) is 0.351. The highest BCUT2D eigenvalue weighted by atomic mass is 32.2. The smallest absolute Gasteiger partial charge is 0.408 e. The van der Waals surface area contributed by atoms with E-state index in [1.165, 1.54) is 29.6 Å². The lowest BCUT2D eigenvalue weighted by atomic mass is 10.3. The molecule has 8 nitrogen and oxygen atoms in total. The summed E-state index contributed by atoms with van der Waals surface area (Å²) in [4.78, 5) is 13.6. The van der Waals surface area contributed by atoms with Gasteiger partial charge < -0.3 is 14.3 Å². The molecule has 1 heterocycles. The number of rotatable bonds is 8. The van der Waals surface area contributed by atoms with Crippen LogP contribution in [0.2, 0.25) is 0 Å². The van der Waals surface area contributed by atoms with Crippen LogP contribution in [0.15, 0.2) is 32.3 Å². The third-order valence-electron chi connectivity index (χ3n) is 3.14. The number of nitrogens with one attached hydrogen (secondary N) is 1. The number of nitrogens with zero attached hydrogens (tertiary/aromatic N) is 1. The lowest BCUT2D eigenvalue weighted by Crippen LogP contribution is -2.34. The van der Waals surface area contributed by atoms with Gasteiger partial charge in [-0.25, -0.2) is 13.2 Å². The van der Waals surface area contributed by atoms with Crippen molar-refractivity contribution >= 4 is 21.1 Å². The number of benzene rings is 1. The molecule has 1 aromatic heterocycles. The molecule has 0 radical (unpaired) electrons. The van der Waals surface area contributed by atoms with Gasteiger partial charge in [-0.15, -0.1) is 0 Å². The molecule has 0 fully saturated rings. The maximum atomic E-state index is 12.6. The summed E-state index contributed by atoms with van der Waals surface area (Å²) in [7, 11) is -2.25. The van der Waals surface area contributed by atoms with Crippen molar-refractivity contribution in [3.8, 4) is 0 Å². The number of ether oxygens (including phenoxy) is 1. The number of hydrogen-bond acceptors (Lipinski definition) is 6. The molecule has 0 amide bonds. The maximum absolute atomic E-state index is 12.6. The first-order valence-corrected chi connectivity index (χ1v) is 8.16. The van der Waals surface area contributed by atoms with Crippen LogP contribution in [0, 0.1) is 0 Å². The number of methoxy groups -OCH3 is 1. The predicted octanol–water partition coefficient (Wildman–Crippen LogP) is 0.141. The van der Waals surface area contributed by atoms with Gasteiger partial charge in [0.25, 0.3) is 0 Å². The summed E-state index contributed by atoms with van der Waals surface area (Å²) in [5.74, 6) is -0.642. The highest BCUT2D eigenvalue weighted by Gasteiger charge is 2.24. The average Bonchev–Trinajstić information content (AvgIpc) is 2.85. The average molecular weight is 330 g/mol. The summed E-state index contributed by atoms with van der Waals surface area (Å²) in [5.41, 5.74) is 0.601. The van der Waals surface area contributed by atoms with Gasteiger partial charge in [0.05, 0.1) is 17.0 Å². The summed E-state index contributed by atoms with van der Waals surface area (Å²) in [6.07, 6.45) is 0.511. The van der Waals surface area contributed by atoms with Crippen molar-refractivity contribution in [3.63, 3.8) is 0 Å². The molecule has 0 aliphatic carbocycles. The van der Waals surface area contributed by atoms with E-state index in [2.05, 4.69) is 4.98 Å². The number of aromatic amines is 1. The molecule has 0 saturated carbocycles. The van der Waals surface area contributed by atoms with Crippen LogP contribution in [0.25, 0.3) is 11.1 Å². The molecule has 0 saturated heterocycles. The second-order valence-electron chi connectivity index (χ2n) is 4.65. The standard InChI is InChI=1S/C13H18N2O6S/c1-20-8-2-5-15(6-7-16)22(18,19)10-3-4-11-12(9-10)21-13(17)14-11/h3-4,9,16H,2,5-8H2,1H3,(H,14,17). The van der Waals surface area contributed by atoms with E-state index < -0.39 is 15.8 Å².